The van der Waals surface area contributed by atoms with Gasteiger partial charge < -0.3 is 14.8 Å². The summed E-state index contributed by atoms with van der Waals surface area (Å²) in [4.78, 5) is 23.1. The van der Waals surface area contributed by atoms with Gasteiger partial charge in [-0.05, 0) is 20.8 Å². The van der Waals surface area contributed by atoms with Crippen LogP contribution >= 0.6 is 11.6 Å². The molecule has 0 atom stereocenters. The molecule has 0 aromatic carbocycles. The van der Waals surface area contributed by atoms with Crippen LogP contribution in [0.2, 0.25) is 5.02 Å². The Labute approximate surface area is 128 Å². The Hall–Kier alpha value is -1.60. The molecule has 0 unspecified atom stereocenters. The van der Waals surface area contributed by atoms with Gasteiger partial charge in [-0.1, -0.05) is 11.6 Å². The Morgan fingerprint density at radius 2 is 2.19 bits per heavy atom. The minimum atomic E-state index is -0.571. The molecule has 21 heavy (non-hydrogen) atoms. The number of carbonyl (C=O) groups excluding carboxylic acids is 1. The zero-order valence-electron chi connectivity index (χ0n) is 12.6. The summed E-state index contributed by atoms with van der Waals surface area (Å²) in [5, 5.41) is 6.89. The lowest BCUT2D eigenvalue weighted by molar-refractivity contribution is -0.141. The number of carbonyl (C=O) groups is 1. The lowest BCUT2D eigenvalue weighted by atomic mass is 10.1. The summed E-state index contributed by atoms with van der Waals surface area (Å²) < 4.78 is 11.0. The maximum atomic E-state index is 12.0. The summed E-state index contributed by atoms with van der Waals surface area (Å²) in [6.45, 7) is 6.51. The molecular weight excluding hydrogens is 298 g/mol. The molecule has 1 aromatic rings. The number of methoxy groups -OCH3 is 1. The van der Waals surface area contributed by atoms with Crippen LogP contribution in [0.1, 0.15) is 20.8 Å². The summed E-state index contributed by atoms with van der Waals surface area (Å²) in [6, 6.07) is 0. The predicted molar refractivity (Wildman–Crippen MR) is 79.7 cm³/mol. The summed E-state index contributed by atoms with van der Waals surface area (Å²) in [5.74, 6) is -0.571. The van der Waals surface area contributed by atoms with Crippen LogP contribution in [0.4, 0.5) is 5.69 Å². The molecular formula is C13H20ClN3O4. The molecule has 0 saturated carbocycles. The first-order valence-corrected chi connectivity index (χ1v) is 6.88. The summed E-state index contributed by atoms with van der Waals surface area (Å²) in [7, 11) is 1.24. The first-order valence-electron chi connectivity index (χ1n) is 6.51. The van der Waals surface area contributed by atoms with Gasteiger partial charge in [0.2, 0.25) is 0 Å². The molecule has 0 spiro atoms. The number of halogens is 1. The highest BCUT2D eigenvalue weighted by molar-refractivity contribution is 6.32. The Kier molecular flexibility index (Phi) is 6.17. The van der Waals surface area contributed by atoms with E-state index in [2.05, 4.69) is 15.2 Å². The molecule has 0 amide bonds. The van der Waals surface area contributed by atoms with Crippen molar-refractivity contribution in [1.82, 2.24) is 9.78 Å². The minimum Gasteiger partial charge on any atom is -0.468 e. The van der Waals surface area contributed by atoms with E-state index in [1.807, 2.05) is 20.8 Å². The summed E-state index contributed by atoms with van der Waals surface area (Å²) >= 11 is 6.00. The van der Waals surface area contributed by atoms with Gasteiger partial charge in [0.1, 0.15) is 11.6 Å². The van der Waals surface area contributed by atoms with Gasteiger partial charge in [-0.2, -0.15) is 5.10 Å². The first kappa shape index (κ1) is 17.5. The fourth-order valence-corrected chi connectivity index (χ4v) is 1.85. The number of esters is 1. The lowest BCUT2D eigenvalue weighted by Crippen LogP contribution is -2.34. The highest BCUT2D eigenvalue weighted by atomic mass is 35.5. The number of nitrogens with zero attached hydrogens (tertiary/aromatic N) is 2. The monoisotopic (exact) mass is 317 g/mol. The van der Waals surface area contributed by atoms with Gasteiger partial charge in [-0.25, -0.2) is 4.68 Å². The highest BCUT2D eigenvalue weighted by Crippen LogP contribution is 2.17. The van der Waals surface area contributed by atoms with Crippen molar-refractivity contribution in [2.75, 3.05) is 25.6 Å². The smallest absolute Gasteiger partial charge is 0.327 e. The van der Waals surface area contributed by atoms with E-state index in [-0.39, 0.29) is 11.6 Å². The molecule has 0 saturated heterocycles. The largest absolute Gasteiger partial charge is 0.468 e. The summed E-state index contributed by atoms with van der Waals surface area (Å²) in [6.07, 6.45) is 1.40. The van der Waals surface area contributed by atoms with E-state index in [9.17, 15) is 9.59 Å². The molecule has 0 aliphatic carbocycles. The number of hydrogen-bond acceptors (Lipinski definition) is 6. The quantitative estimate of drug-likeness (QED) is 0.763. The average Bonchev–Trinajstić information content (AvgIpc) is 2.42. The van der Waals surface area contributed by atoms with Crippen LogP contribution in [0.3, 0.4) is 0 Å². The average molecular weight is 318 g/mol. The first-order chi connectivity index (χ1) is 9.80. The van der Waals surface area contributed by atoms with Crippen molar-refractivity contribution in [2.24, 2.45) is 0 Å². The maximum Gasteiger partial charge on any atom is 0.327 e. The van der Waals surface area contributed by atoms with Crippen molar-refractivity contribution in [1.29, 1.82) is 0 Å². The normalized spacial score (nSPS) is 11.3. The zero-order chi connectivity index (χ0) is 16.0. The fraction of sp³-hybridized carbons (Fsp3) is 0.615. The second kappa shape index (κ2) is 7.42. The fourth-order valence-electron chi connectivity index (χ4n) is 1.64. The lowest BCUT2D eigenvalue weighted by Gasteiger charge is -2.25. The molecule has 0 aliphatic heterocycles. The Morgan fingerprint density at radius 3 is 2.76 bits per heavy atom. The van der Waals surface area contributed by atoms with Crippen LogP contribution in [-0.2, 0) is 20.8 Å². The van der Waals surface area contributed by atoms with Gasteiger partial charge in [-0.15, -0.1) is 0 Å². The van der Waals surface area contributed by atoms with Crippen LogP contribution in [0.25, 0.3) is 0 Å². The SMILES string of the molecule is CCOC(C)(C)CNc1cnn(CC(=O)OC)c(=O)c1Cl. The van der Waals surface area contributed by atoms with Crippen molar-refractivity contribution in [2.45, 2.75) is 32.9 Å². The Balaban J connectivity index is 2.85. The molecule has 1 heterocycles. The van der Waals surface area contributed by atoms with E-state index in [1.165, 1.54) is 13.3 Å². The third-order valence-corrected chi connectivity index (χ3v) is 3.10. The molecule has 1 N–H and O–H groups in total. The number of rotatable bonds is 7. The van der Waals surface area contributed by atoms with Crippen LogP contribution in [0, 0.1) is 0 Å². The highest BCUT2D eigenvalue weighted by Gasteiger charge is 2.19. The minimum absolute atomic E-state index is 0.0267. The molecule has 0 aliphatic rings. The molecule has 1 aromatic heterocycles. The second-order valence-corrected chi connectivity index (χ2v) is 5.34. The van der Waals surface area contributed by atoms with Crippen molar-refractivity contribution in [3.63, 3.8) is 0 Å². The Morgan fingerprint density at radius 1 is 1.52 bits per heavy atom. The molecule has 8 heteroatoms. The van der Waals surface area contributed by atoms with E-state index in [4.69, 9.17) is 16.3 Å². The van der Waals surface area contributed by atoms with Gasteiger partial charge in [0, 0.05) is 13.2 Å². The van der Waals surface area contributed by atoms with Gasteiger partial charge in [-0.3, -0.25) is 9.59 Å². The number of nitrogens with one attached hydrogen (secondary N) is 1. The van der Waals surface area contributed by atoms with Crippen LogP contribution in [-0.4, -0.2) is 41.6 Å². The Bertz CT molecular complexity index is 557. The van der Waals surface area contributed by atoms with E-state index in [1.54, 1.807) is 0 Å². The van der Waals surface area contributed by atoms with E-state index >= 15 is 0 Å². The summed E-state index contributed by atoms with van der Waals surface area (Å²) in [5.41, 5.74) is -0.560. The molecule has 0 bridgehead atoms. The molecule has 1 rings (SSSR count). The number of ether oxygens (including phenoxy) is 2. The molecule has 118 valence electrons. The van der Waals surface area contributed by atoms with Crippen LogP contribution in [0.15, 0.2) is 11.0 Å². The van der Waals surface area contributed by atoms with E-state index in [0.29, 0.717) is 18.8 Å². The van der Waals surface area contributed by atoms with E-state index < -0.39 is 17.1 Å². The molecule has 0 fully saturated rings. The standard InChI is InChI=1S/C13H20ClN3O4/c1-5-21-13(2,3)8-15-9-6-16-17(7-10(18)20-4)12(19)11(9)14/h6,15H,5,7-8H2,1-4H3. The van der Waals surface area contributed by atoms with Crippen molar-refractivity contribution >= 4 is 23.3 Å². The van der Waals surface area contributed by atoms with Crippen molar-refractivity contribution in [3.8, 4) is 0 Å². The molecule has 0 radical (unpaired) electrons. The third kappa shape index (κ3) is 5.02. The molecule has 7 nitrogen and oxygen atoms in total. The van der Waals surface area contributed by atoms with E-state index in [0.717, 1.165) is 4.68 Å². The number of hydrogen-bond donors (Lipinski definition) is 1. The maximum absolute atomic E-state index is 12.0. The number of anilines is 1. The van der Waals surface area contributed by atoms with Crippen molar-refractivity contribution < 1.29 is 14.3 Å². The number of aromatic nitrogens is 2. The topological polar surface area (TPSA) is 82.4 Å². The predicted octanol–water partition coefficient (Wildman–Crippen LogP) is 1.30. The third-order valence-electron chi connectivity index (χ3n) is 2.73. The van der Waals surface area contributed by atoms with Gasteiger partial charge >= 0.3 is 5.97 Å². The zero-order valence-corrected chi connectivity index (χ0v) is 13.4. The van der Waals surface area contributed by atoms with Crippen molar-refractivity contribution in [3.05, 3.63) is 21.6 Å². The second-order valence-electron chi connectivity index (χ2n) is 4.96. The van der Waals surface area contributed by atoms with Crippen LogP contribution in [0.5, 0.6) is 0 Å². The van der Waals surface area contributed by atoms with Gasteiger partial charge in [0.25, 0.3) is 5.56 Å². The van der Waals surface area contributed by atoms with Crippen LogP contribution < -0.4 is 10.9 Å². The van der Waals surface area contributed by atoms with Gasteiger partial charge in [0.05, 0.1) is 24.6 Å². The van der Waals surface area contributed by atoms with Gasteiger partial charge in [0.15, 0.2) is 0 Å².